The molecule has 1 aromatic heterocycles. The average molecular weight is 670 g/mol. The van der Waals surface area contributed by atoms with Crippen LogP contribution >= 0.6 is 11.6 Å². The molecule has 2 aromatic carbocycles. The number of carbonyl (C=O) groups is 3. The van der Waals surface area contributed by atoms with Gasteiger partial charge < -0.3 is 30.9 Å². The number of nitro groups is 1. The molecule has 3 aromatic rings. The second-order valence-electron chi connectivity index (χ2n) is 12.1. The van der Waals surface area contributed by atoms with Crippen molar-refractivity contribution in [1.82, 2.24) is 15.6 Å². The van der Waals surface area contributed by atoms with Crippen LogP contribution in [0.15, 0.2) is 67.0 Å². The molecule has 0 aliphatic heterocycles. The van der Waals surface area contributed by atoms with Crippen LogP contribution in [-0.4, -0.2) is 51.2 Å². The minimum atomic E-state index is -1.15. The molecule has 4 rings (SSSR count). The van der Waals surface area contributed by atoms with Gasteiger partial charge in [-0.15, -0.1) is 0 Å². The van der Waals surface area contributed by atoms with E-state index in [0.29, 0.717) is 30.7 Å². The van der Waals surface area contributed by atoms with Crippen molar-refractivity contribution in [2.75, 3.05) is 12.3 Å². The van der Waals surface area contributed by atoms with Crippen molar-refractivity contribution in [3.8, 4) is 11.5 Å². The van der Waals surface area contributed by atoms with Gasteiger partial charge in [0, 0.05) is 54.1 Å². The lowest BCUT2D eigenvalue weighted by atomic mass is 9.81. The molecule has 1 aliphatic carbocycles. The number of aliphatic carboxylic acids is 1. The lowest BCUT2D eigenvalue weighted by Gasteiger charge is -2.29. The number of benzene rings is 2. The van der Waals surface area contributed by atoms with E-state index in [2.05, 4.69) is 15.6 Å². The molecular weight excluding hydrogens is 630 g/mol. The molecule has 0 saturated heterocycles. The molecule has 47 heavy (non-hydrogen) atoms. The molecular formula is C33H40ClN5O8. The normalized spacial score (nSPS) is 16.4. The molecule has 1 fully saturated rings. The minimum absolute atomic E-state index is 0.0173. The largest absolute Gasteiger partial charge is 0.480 e. The summed E-state index contributed by atoms with van der Waals surface area (Å²) in [6.45, 7) is 5.85. The van der Waals surface area contributed by atoms with Gasteiger partial charge in [-0.3, -0.25) is 19.9 Å². The second-order valence-corrected chi connectivity index (χ2v) is 12.5. The van der Waals surface area contributed by atoms with Gasteiger partial charge in [0.05, 0.1) is 4.92 Å². The molecule has 1 aliphatic rings. The lowest BCUT2D eigenvalue weighted by molar-refractivity contribution is -0.385. The molecule has 0 bridgehead atoms. The van der Waals surface area contributed by atoms with E-state index in [0.717, 1.165) is 18.5 Å². The number of anilines is 1. The van der Waals surface area contributed by atoms with Crippen molar-refractivity contribution in [2.24, 2.45) is 11.8 Å². The Morgan fingerprint density at radius 2 is 1.70 bits per heavy atom. The Morgan fingerprint density at radius 1 is 1.06 bits per heavy atom. The molecule has 5 N–H and O–H groups in total. The number of nitrogens with one attached hydrogen (secondary N) is 2. The topological polar surface area (TPSA) is 196 Å². The molecule has 0 radical (unpaired) electrons. The molecule has 13 nitrogen and oxygen atoms in total. The Kier molecular flexibility index (Phi) is 13.3. The summed E-state index contributed by atoms with van der Waals surface area (Å²) in [7, 11) is 0. The van der Waals surface area contributed by atoms with Crippen molar-refractivity contribution >= 4 is 40.9 Å². The van der Waals surface area contributed by atoms with E-state index in [1.165, 1.54) is 18.2 Å². The third-order valence-corrected chi connectivity index (χ3v) is 7.42. The highest BCUT2D eigenvalue weighted by atomic mass is 35.5. The number of hydrogen-bond acceptors (Lipinski definition) is 9. The zero-order valence-electron chi connectivity index (χ0n) is 26.5. The van der Waals surface area contributed by atoms with Gasteiger partial charge in [0.2, 0.25) is 11.7 Å². The summed E-state index contributed by atoms with van der Waals surface area (Å²) in [5, 5.41) is 26.7. The number of rotatable bonds is 10. The number of carboxylic acid groups (broad SMARTS) is 1. The molecule has 1 heterocycles. The monoisotopic (exact) mass is 669 g/mol. The molecule has 14 heteroatoms. The molecule has 2 amide bonds. The van der Waals surface area contributed by atoms with Crippen LogP contribution in [0.1, 0.15) is 52.0 Å². The number of halogens is 1. The van der Waals surface area contributed by atoms with Gasteiger partial charge in [-0.2, -0.15) is 0 Å². The zero-order chi connectivity index (χ0) is 34.6. The number of hydrogen-bond donors (Lipinski definition) is 4. The summed E-state index contributed by atoms with van der Waals surface area (Å²) < 4.78 is 10.9. The Bertz CT molecular complexity index is 1510. The number of ether oxygens (including phenoxy) is 2. The zero-order valence-corrected chi connectivity index (χ0v) is 27.2. The summed E-state index contributed by atoms with van der Waals surface area (Å²) >= 11 is 5.94. The summed E-state index contributed by atoms with van der Waals surface area (Å²) in [4.78, 5) is 51.1. The fourth-order valence-electron chi connectivity index (χ4n) is 4.80. The number of carbonyl (C=O) groups excluding carboxylic acids is 2. The molecule has 1 saturated carbocycles. The van der Waals surface area contributed by atoms with Crippen LogP contribution in [0.4, 0.5) is 16.2 Å². The van der Waals surface area contributed by atoms with Gasteiger partial charge >= 0.3 is 17.7 Å². The van der Waals surface area contributed by atoms with Crippen molar-refractivity contribution < 1.29 is 33.9 Å². The molecule has 252 valence electrons. The molecule has 0 unspecified atom stereocenters. The van der Waals surface area contributed by atoms with Crippen LogP contribution < -0.4 is 21.1 Å². The number of nitro benzene ring substituents is 1. The Balaban J connectivity index is 0.000000756. The van der Waals surface area contributed by atoms with Crippen LogP contribution in [0.2, 0.25) is 5.02 Å². The first-order valence-corrected chi connectivity index (χ1v) is 15.4. The summed E-state index contributed by atoms with van der Waals surface area (Å²) in [6.07, 6.45) is 5.57. The van der Waals surface area contributed by atoms with Crippen molar-refractivity contribution in [3.63, 3.8) is 0 Å². The van der Waals surface area contributed by atoms with Crippen LogP contribution in [0.5, 0.6) is 11.5 Å². The standard InChI is InChI=1S/C28H34ClN3O8.C5H6N2/c1-28(2,3)40-27(36)30-16-18-4-8-19(9-5-18)25(33)31-22(26(34)35)14-17-6-11-21(12-7-17)39-24-15-20(29)10-13-23(24)32(37)38;6-5-1-3-7-4-2-5/h6-7,10-13,15,18-19,22H,4-5,8-9,14,16H2,1-3H3,(H,30,36)(H,31,33)(H,34,35);1-4H,(H2,6,7)/t18?,19?,22-;/m0./s1. The third-order valence-electron chi connectivity index (χ3n) is 7.18. The maximum atomic E-state index is 12.9. The Labute approximate surface area is 278 Å². The number of carboxylic acids is 1. The van der Waals surface area contributed by atoms with E-state index in [1.54, 1.807) is 69.6 Å². The summed E-state index contributed by atoms with van der Waals surface area (Å²) in [6, 6.07) is 12.8. The minimum Gasteiger partial charge on any atom is -0.480 e. The Morgan fingerprint density at radius 3 is 2.23 bits per heavy atom. The van der Waals surface area contributed by atoms with Gasteiger partial charge in [0.1, 0.15) is 17.4 Å². The fourth-order valence-corrected chi connectivity index (χ4v) is 4.96. The van der Waals surface area contributed by atoms with E-state index in [1.807, 2.05) is 0 Å². The molecule has 1 atom stereocenters. The first-order valence-electron chi connectivity index (χ1n) is 15.1. The number of nitrogens with two attached hydrogens (primary N) is 1. The van der Waals surface area contributed by atoms with Gasteiger partial charge in [0.15, 0.2) is 0 Å². The van der Waals surface area contributed by atoms with Crippen LogP contribution in [0.25, 0.3) is 0 Å². The first kappa shape index (κ1) is 36.6. The number of amides is 2. The maximum Gasteiger partial charge on any atom is 0.407 e. The number of nitrogens with zero attached hydrogens (tertiary/aromatic N) is 2. The maximum absolute atomic E-state index is 12.9. The highest BCUT2D eigenvalue weighted by Crippen LogP contribution is 2.34. The highest BCUT2D eigenvalue weighted by Gasteiger charge is 2.30. The smallest absolute Gasteiger partial charge is 0.407 e. The summed E-state index contributed by atoms with van der Waals surface area (Å²) in [5.74, 6) is -1.25. The predicted molar refractivity (Wildman–Crippen MR) is 176 cm³/mol. The van der Waals surface area contributed by atoms with Crippen LogP contribution in [0.3, 0.4) is 0 Å². The fraction of sp³-hybridized carbons (Fsp3) is 0.394. The van der Waals surface area contributed by atoms with Crippen LogP contribution in [-0.2, 0) is 20.7 Å². The second kappa shape index (κ2) is 17.1. The van der Waals surface area contributed by atoms with Crippen molar-refractivity contribution in [3.05, 3.63) is 87.7 Å². The molecule has 0 spiro atoms. The number of nitrogen functional groups attached to an aromatic ring is 1. The van der Waals surface area contributed by atoms with Gasteiger partial charge in [-0.05, 0) is 88.3 Å². The van der Waals surface area contributed by atoms with E-state index < -0.39 is 28.6 Å². The van der Waals surface area contributed by atoms with E-state index in [-0.39, 0.29) is 40.6 Å². The quantitative estimate of drug-likeness (QED) is 0.144. The number of aromatic nitrogens is 1. The highest BCUT2D eigenvalue weighted by molar-refractivity contribution is 6.30. The number of alkyl carbamates (subject to hydrolysis) is 1. The Hall–Kier alpha value is -4.91. The first-order chi connectivity index (χ1) is 22.2. The van der Waals surface area contributed by atoms with E-state index in [9.17, 15) is 29.6 Å². The van der Waals surface area contributed by atoms with E-state index >= 15 is 0 Å². The lowest BCUT2D eigenvalue weighted by Crippen LogP contribution is -2.46. The predicted octanol–water partition coefficient (Wildman–Crippen LogP) is 6.15. The van der Waals surface area contributed by atoms with Gasteiger partial charge in [-0.1, -0.05) is 23.7 Å². The van der Waals surface area contributed by atoms with E-state index in [4.69, 9.17) is 26.8 Å². The third kappa shape index (κ3) is 12.8. The van der Waals surface area contributed by atoms with Crippen molar-refractivity contribution in [2.45, 2.75) is 64.5 Å². The van der Waals surface area contributed by atoms with Crippen molar-refractivity contribution in [1.29, 1.82) is 0 Å². The average Bonchev–Trinajstić information content (AvgIpc) is 3.00. The van der Waals surface area contributed by atoms with Gasteiger partial charge in [0.25, 0.3) is 0 Å². The number of pyridine rings is 1. The van der Waals surface area contributed by atoms with Gasteiger partial charge in [-0.25, -0.2) is 9.59 Å². The SMILES string of the molecule is CC(C)(C)OC(=O)NCC1CCC(C(=O)N[C@@H](Cc2ccc(Oc3cc(Cl)ccc3[N+](=O)[O-])cc2)C(=O)O)CC1.Nc1ccncc1. The summed E-state index contributed by atoms with van der Waals surface area (Å²) in [5.41, 5.74) is 5.90. The van der Waals surface area contributed by atoms with Crippen LogP contribution in [0, 0.1) is 22.0 Å².